The highest BCUT2D eigenvalue weighted by atomic mass is 16.5. The summed E-state index contributed by atoms with van der Waals surface area (Å²) in [4.78, 5) is 55.0. The first kappa shape index (κ1) is 28.6. The molecule has 1 fully saturated rings. The van der Waals surface area contributed by atoms with Gasteiger partial charge in [0.1, 0.15) is 18.6 Å². The van der Waals surface area contributed by atoms with Gasteiger partial charge in [-0.25, -0.2) is 4.79 Å². The van der Waals surface area contributed by atoms with Crippen LogP contribution in [0.15, 0.2) is 48.5 Å². The minimum Gasteiger partial charge on any atom is -0.491 e. The van der Waals surface area contributed by atoms with Crippen LogP contribution >= 0.6 is 0 Å². The molecule has 0 radical (unpaired) electrons. The number of nitrogens with one attached hydrogen (secondary N) is 1. The molecule has 5 rings (SSSR count). The number of para-hydroxylation sites is 2. The fraction of sp³-hybridized carbons (Fsp3) is 0.500. The topological polar surface area (TPSA) is 122 Å². The predicted molar refractivity (Wildman–Crippen MR) is 155 cm³/mol. The number of anilines is 1. The Labute approximate surface area is 241 Å². The van der Waals surface area contributed by atoms with Crippen molar-refractivity contribution in [1.29, 1.82) is 0 Å². The molecule has 1 aliphatic carbocycles. The number of rotatable bonds is 9. The molecule has 3 N–H and O–H groups in total. The minimum atomic E-state index is -0.804. The van der Waals surface area contributed by atoms with Gasteiger partial charge < -0.3 is 25.5 Å². The zero-order valence-electron chi connectivity index (χ0n) is 23.5. The van der Waals surface area contributed by atoms with E-state index in [2.05, 4.69) is 5.32 Å². The van der Waals surface area contributed by atoms with E-state index in [0.29, 0.717) is 44.7 Å². The van der Waals surface area contributed by atoms with E-state index in [-0.39, 0.29) is 24.7 Å². The van der Waals surface area contributed by atoms with E-state index in [1.165, 1.54) is 6.42 Å². The van der Waals surface area contributed by atoms with Gasteiger partial charge in [-0.05, 0) is 42.9 Å². The third-order valence-electron chi connectivity index (χ3n) is 8.83. The number of fused-ring (bicyclic) bond motifs is 2. The second-order valence-electron chi connectivity index (χ2n) is 11.5. The summed E-state index contributed by atoms with van der Waals surface area (Å²) in [5, 5.41) is 2.92. The monoisotopic (exact) mass is 560 g/mol. The lowest BCUT2D eigenvalue weighted by atomic mass is 9.79. The van der Waals surface area contributed by atoms with Crippen molar-refractivity contribution in [3.63, 3.8) is 0 Å². The van der Waals surface area contributed by atoms with Gasteiger partial charge in [0.05, 0.1) is 24.5 Å². The number of amides is 4. The van der Waals surface area contributed by atoms with Gasteiger partial charge >= 0.3 is 6.03 Å². The fourth-order valence-corrected chi connectivity index (χ4v) is 6.68. The van der Waals surface area contributed by atoms with E-state index in [4.69, 9.17) is 10.5 Å². The summed E-state index contributed by atoms with van der Waals surface area (Å²) in [5.74, 6) is 0.291. The first-order chi connectivity index (χ1) is 19.9. The molecule has 2 heterocycles. The number of nitrogens with zero attached hydrogens (tertiary/aromatic N) is 2. The SMILES string of the molecule is NC(=O)N1c2ccccc2CC1[C@H](CC1CCCCC1)C(=O)N[C@H](C=O)CCC(=O)N1CCOc2ccccc2C1. The van der Waals surface area contributed by atoms with Crippen LogP contribution in [0, 0.1) is 11.8 Å². The molecule has 0 saturated heterocycles. The number of nitrogens with two attached hydrogens (primary N) is 1. The Balaban J connectivity index is 1.26. The molecule has 2 aromatic rings. The average molecular weight is 561 g/mol. The summed E-state index contributed by atoms with van der Waals surface area (Å²) in [5.41, 5.74) is 8.51. The molecule has 4 amide bonds. The number of urea groups is 1. The summed E-state index contributed by atoms with van der Waals surface area (Å²) in [6, 6.07) is 13.5. The third-order valence-corrected chi connectivity index (χ3v) is 8.83. The van der Waals surface area contributed by atoms with Gasteiger partial charge in [-0.2, -0.15) is 0 Å². The van der Waals surface area contributed by atoms with Crippen LogP contribution in [-0.2, 0) is 27.3 Å². The summed E-state index contributed by atoms with van der Waals surface area (Å²) < 4.78 is 5.77. The lowest BCUT2D eigenvalue weighted by Gasteiger charge is -2.34. The molecule has 9 nitrogen and oxygen atoms in total. The Morgan fingerprint density at radius 2 is 1.76 bits per heavy atom. The Morgan fingerprint density at radius 3 is 2.51 bits per heavy atom. The quantitative estimate of drug-likeness (QED) is 0.450. The largest absolute Gasteiger partial charge is 0.491 e. The van der Waals surface area contributed by atoms with E-state index >= 15 is 0 Å². The highest BCUT2D eigenvalue weighted by Crippen LogP contribution is 2.39. The standard InChI is InChI=1S/C32H40N4O5/c33-32(40)36-27-12-6-4-10-23(27)19-28(36)26(18-22-8-2-1-3-9-22)31(39)34-25(21-37)14-15-30(38)35-16-17-41-29-13-7-5-11-24(29)20-35/h4-7,10-13,21-22,25-26,28H,1-3,8-9,14-20H2,(H2,33,40)(H,34,39)/t25-,26-,28?/m0/s1. The van der Waals surface area contributed by atoms with Crippen LogP contribution in [0.5, 0.6) is 5.75 Å². The fourth-order valence-electron chi connectivity index (χ4n) is 6.68. The molecule has 9 heteroatoms. The van der Waals surface area contributed by atoms with Crippen molar-refractivity contribution < 1.29 is 23.9 Å². The maximum Gasteiger partial charge on any atom is 0.319 e. The maximum atomic E-state index is 13.9. The number of hydrogen-bond acceptors (Lipinski definition) is 5. The third kappa shape index (κ3) is 6.72. The zero-order chi connectivity index (χ0) is 28.8. The molecule has 1 saturated carbocycles. The van der Waals surface area contributed by atoms with Crippen LogP contribution in [0.2, 0.25) is 0 Å². The van der Waals surface area contributed by atoms with Crippen LogP contribution in [0.1, 0.15) is 62.5 Å². The Bertz CT molecular complexity index is 1260. The van der Waals surface area contributed by atoms with E-state index in [9.17, 15) is 19.2 Å². The second-order valence-corrected chi connectivity index (χ2v) is 11.5. The number of benzene rings is 2. The van der Waals surface area contributed by atoms with E-state index in [0.717, 1.165) is 48.2 Å². The van der Waals surface area contributed by atoms with Crippen molar-refractivity contribution in [2.24, 2.45) is 17.6 Å². The normalized spacial score (nSPS) is 20.1. The van der Waals surface area contributed by atoms with Gasteiger partial charge in [-0.15, -0.1) is 0 Å². The molecule has 3 atom stereocenters. The highest BCUT2D eigenvalue weighted by Gasteiger charge is 2.42. The number of carbonyl (C=O) groups excluding carboxylic acids is 4. The zero-order valence-corrected chi connectivity index (χ0v) is 23.5. The molecule has 3 aliphatic rings. The number of hydrogen-bond donors (Lipinski definition) is 2. The number of primary amides is 1. The molecule has 1 unspecified atom stereocenters. The van der Waals surface area contributed by atoms with Crippen LogP contribution in [-0.4, -0.2) is 54.3 Å². The maximum absolute atomic E-state index is 13.9. The Kier molecular flexibility index (Phi) is 9.21. The molecule has 2 aliphatic heterocycles. The lowest BCUT2D eigenvalue weighted by Crippen LogP contribution is -2.52. The number of ether oxygens (including phenoxy) is 1. The van der Waals surface area contributed by atoms with Gasteiger partial charge in [-0.1, -0.05) is 68.5 Å². The van der Waals surface area contributed by atoms with Gasteiger partial charge in [0.15, 0.2) is 0 Å². The number of aldehydes is 1. The summed E-state index contributed by atoms with van der Waals surface area (Å²) >= 11 is 0. The van der Waals surface area contributed by atoms with Gasteiger partial charge in [0.2, 0.25) is 11.8 Å². The van der Waals surface area contributed by atoms with E-state index in [1.54, 1.807) is 9.80 Å². The predicted octanol–water partition coefficient (Wildman–Crippen LogP) is 3.97. The summed E-state index contributed by atoms with van der Waals surface area (Å²) in [6.45, 7) is 1.31. The van der Waals surface area contributed by atoms with E-state index in [1.807, 2.05) is 48.5 Å². The average Bonchev–Trinajstić information content (AvgIpc) is 3.24. The van der Waals surface area contributed by atoms with Crippen molar-refractivity contribution in [3.8, 4) is 5.75 Å². The molecule has 218 valence electrons. The molecule has 0 aromatic heterocycles. The minimum absolute atomic E-state index is 0.0868. The molecule has 0 spiro atoms. The van der Waals surface area contributed by atoms with Crippen LogP contribution in [0.4, 0.5) is 10.5 Å². The Hall–Kier alpha value is -3.88. The molecule has 2 aromatic carbocycles. The first-order valence-electron chi connectivity index (χ1n) is 14.8. The summed E-state index contributed by atoms with van der Waals surface area (Å²) in [6.07, 6.45) is 7.77. The molecular weight excluding hydrogens is 520 g/mol. The second kappa shape index (κ2) is 13.2. The lowest BCUT2D eigenvalue weighted by molar-refractivity contribution is -0.133. The first-order valence-corrected chi connectivity index (χ1v) is 14.8. The van der Waals surface area contributed by atoms with Gasteiger partial charge in [-0.3, -0.25) is 14.5 Å². The van der Waals surface area contributed by atoms with Crippen molar-refractivity contribution in [2.45, 2.75) is 76.4 Å². The molecule has 0 bridgehead atoms. The van der Waals surface area contributed by atoms with Crippen LogP contribution < -0.4 is 20.7 Å². The molecule has 41 heavy (non-hydrogen) atoms. The highest BCUT2D eigenvalue weighted by molar-refractivity contribution is 5.95. The van der Waals surface area contributed by atoms with Gasteiger partial charge in [0.25, 0.3) is 0 Å². The van der Waals surface area contributed by atoms with E-state index < -0.39 is 24.0 Å². The van der Waals surface area contributed by atoms with Crippen molar-refractivity contribution in [2.75, 3.05) is 18.1 Å². The van der Waals surface area contributed by atoms with Gasteiger partial charge in [0, 0.05) is 24.2 Å². The van der Waals surface area contributed by atoms with Crippen molar-refractivity contribution in [3.05, 3.63) is 59.7 Å². The van der Waals surface area contributed by atoms with Crippen LogP contribution in [0.3, 0.4) is 0 Å². The van der Waals surface area contributed by atoms with Crippen molar-refractivity contribution in [1.82, 2.24) is 10.2 Å². The molecular formula is C32H40N4O5. The number of carbonyl (C=O) groups is 4. The van der Waals surface area contributed by atoms with Crippen LogP contribution in [0.25, 0.3) is 0 Å². The smallest absolute Gasteiger partial charge is 0.319 e. The Morgan fingerprint density at radius 1 is 1.02 bits per heavy atom. The van der Waals surface area contributed by atoms with Crippen molar-refractivity contribution >= 4 is 29.8 Å². The summed E-state index contributed by atoms with van der Waals surface area (Å²) in [7, 11) is 0.